The largest absolute Gasteiger partial charge is 0.465 e. The van der Waals surface area contributed by atoms with Crippen LogP contribution in [0, 0.1) is 3.95 Å². The Morgan fingerprint density at radius 1 is 1.69 bits per heavy atom. The van der Waals surface area contributed by atoms with Crippen molar-refractivity contribution < 1.29 is 14.6 Å². The summed E-state index contributed by atoms with van der Waals surface area (Å²) in [5, 5.41) is 18.5. The fourth-order valence-corrected chi connectivity index (χ4v) is 2.61. The molecular weight excluding hydrogens is 250 g/mol. The monoisotopic (exact) mass is 261 g/mol. The molecule has 1 aromatic heterocycles. The second-order valence-corrected chi connectivity index (χ2v) is 5.19. The number of carbonyl (C=O) groups is 1. The van der Waals surface area contributed by atoms with Crippen molar-refractivity contribution in [3.8, 4) is 0 Å². The lowest BCUT2D eigenvalue weighted by Gasteiger charge is -2.27. The number of nitrogens with zero attached hydrogens (tertiary/aromatic N) is 1. The molecule has 1 fully saturated rings. The maximum absolute atomic E-state index is 10.4. The Morgan fingerprint density at radius 2 is 2.50 bits per heavy atom. The Kier molecular flexibility index (Phi) is 3.52. The van der Waals surface area contributed by atoms with Crippen LogP contribution >= 0.6 is 23.6 Å². The summed E-state index contributed by atoms with van der Waals surface area (Å²) < 4.78 is 6.18. The van der Waals surface area contributed by atoms with Crippen LogP contribution in [-0.2, 0) is 4.74 Å². The van der Waals surface area contributed by atoms with Crippen LogP contribution < -0.4 is 5.32 Å². The topological polar surface area (TPSA) is 87.2 Å². The van der Waals surface area contributed by atoms with Gasteiger partial charge < -0.3 is 15.2 Å². The molecule has 3 N–H and O–H groups in total. The van der Waals surface area contributed by atoms with E-state index in [1.54, 1.807) is 0 Å². The molecular formula is C8H11N3O3S2. The van der Waals surface area contributed by atoms with Crippen molar-refractivity contribution in [1.82, 2.24) is 15.5 Å². The van der Waals surface area contributed by atoms with Gasteiger partial charge in [-0.25, -0.2) is 4.79 Å². The molecule has 8 heteroatoms. The minimum Gasteiger partial charge on any atom is -0.465 e. The van der Waals surface area contributed by atoms with Crippen LogP contribution in [0.5, 0.6) is 0 Å². The third kappa shape index (κ3) is 2.77. The number of nitrogens with one attached hydrogen (secondary N) is 2. The van der Waals surface area contributed by atoms with Crippen molar-refractivity contribution in [2.24, 2.45) is 0 Å². The summed E-state index contributed by atoms with van der Waals surface area (Å²) in [6.07, 6.45) is 0.428. The first-order chi connectivity index (χ1) is 7.65. The van der Waals surface area contributed by atoms with E-state index >= 15 is 0 Å². The molecule has 1 aliphatic heterocycles. The number of aromatic nitrogens is 2. The van der Waals surface area contributed by atoms with Crippen LogP contribution in [0.1, 0.15) is 24.0 Å². The van der Waals surface area contributed by atoms with E-state index in [-0.39, 0.29) is 12.1 Å². The highest BCUT2D eigenvalue weighted by molar-refractivity contribution is 7.73. The Bertz CT molecular complexity index is 422. The number of hydrogen-bond donors (Lipinski definition) is 3. The molecule has 0 unspecified atom stereocenters. The predicted octanol–water partition coefficient (Wildman–Crippen LogP) is 1.69. The maximum Gasteiger partial charge on any atom is 0.404 e. The fourth-order valence-electron chi connectivity index (χ4n) is 1.61. The van der Waals surface area contributed by atoms with E-state index < -0.39 is 6.09 Å². The smallest absolute Gasteiger partial charge is 0.404 e. The van der Waals surface area contributed by atoms with Crippen LogP contribution in [0.3, 0.4) is 0 Å². The van der Waals surface area contributed by atoms with Crippen molar-refractivity contribution in [3.05, 3.63) is 8.96 Å². The highest BCUT2D eigenvalue weighted by Gasteiger charge is 2.25. The molecule has 16 heavy (non-hydrogen) atoms. The number of hydrogen-bond acceptors (Lipinski definition) is 5. The Labute approximate surface area is 101 Å². The molecule has 2 heterocycles. The van der Waals surface area contributed by atoms with Crippen LogP contribution in [0.25, 0.3) is 0 Å². The van der Waals surface area contributed by atoms with E-state index in [0.717, 1.165) is 17.8 Å². The van der Waals surface area contributed by atoms with Crippen LogP contribution in [0.15, 0.2) is 0 Å². The van der Waals surface area contributed by atoms with Gasteiger partial charge in [-0.3, -0.25) is 5.10 Å². The Morgan fingerprint density at radius 3 is 3.00 bits per heavy atom. The standard InChI is InChI=1S/C8H11N3O3S2/c12-7(13)9-4-1-2-5(14-3-4)6-10-11-8(15)16-6/h4-5,9H,1-3H2,(H,11,15)(H,12,13)/t4-,5+/m1/s1. The molecule has 1 amide bonds. The molecule has 0 bridgehead atoms. The van der Waals surface area contributed by atoms with Gasteiger partial charge in [0, 0.05) is 0 Å². The van der Waals surface area contributed by atoms with Gasteiger partial charge in [-0.2, -0.15) is 5.10 Å². The first-order valence-corrected chi connectivity index (χ1v) is 6.04. The molecule has 0 aliphatic carbocycles. The molecule has 1 aliphatic rings. The van der Waals surface area contributed by atoms with E-state index in [1.807, 2.05) is 0 Å². The van der Waals surface area contributed by atoms with Gasteiger partial charge in [0.25, 0.3) is 0 Å². The summed E-state index contributed by atoms with van der Waals surface area (Å²) in [7, 11) is 0. The number of amides is 1. The molecule has 0 aromatic carbocycles. The predicted molar refractivity (Wildman–Crippen MR) is 60.2 cm³/mol. The van der Waals surface area contributed by atoms with Gasteiger partial charge in [0.05, 0.1) is 12.6 Å². The maximum atomic E-state index is 10.4. The van der Waals surface area contributed by atoms with Crippen LogP contribution in [0.4, 0.5) is 4.79 Å². The molecule has 1 aromatic rings. The summed E-state index contributed by atoms with van der Waals surface area (Å²) in [6.45, 7) is 0.378. The third-order valence-electron chi connectivity index (χ3n) is 2.33. The molecule has 2 atom stereocenters. The highest BCUT2D eigenvalue weighted by Crippen LogP contribution is 2.28. The van der Waals surface area contributed by atoms with E-state index in [1.165, 1.54) is 11.3 Å². The zero-order valence-electron chi connectivity index (χ0n) is 8.30. The van der Waals surface area contributed by atoms with E-state index in [4.69, 9.17) is 22.1 Å². The number of H-pyrrole nitrogens is 1. The summed E-state index contributed by atoms with van der Waals surface area (Å²) in [5.41, 5.74) is 0. The first-order valence-electron chi connectivity index (χ1n) is 4.81. The molecule has 0 saturated carbocycles. The molecule has 2 rings (SSSR count). The number of aromatic amines is 1. The van der Waals surface area contributed by atoms with Gasteiger partial charge in [-0.15, -0.1) is 0 Å². The van der Waals surface area contributed by atoms with Crippen LogP contribution in [-0.4, -0.2) is 34.0 Å². The average Bonchev–Trinajstić information content (AvgIpc) is 2.65. The summed E-state index contributed by atoms with van der Waals surface area (Å²) >= 11 is 6.33. The van der Waals surface area contributed by atoms with Gasteiger partial charge in [-0.05, 0) is 25.1 Å². The summed E-state index contributed by atoms with van der Waals surface area (Å²) in [6, 6.07) is -0.124. The molecule has 0 spiro atoms. The zero-order valence-corrected chi connectivity index (χ0v) is 9.94. The second-order valence-electron chi connectivity index (χ2n) is 3.50. The van der Waals surface area contributed by atoms with Gasteiger partial charge in [0.2, 0.25) is 0 Å². The lowest BCUT2D eigenvalue weighted by Crippen LogP contribution is -2.40. The molecule has 6 nitrogen and oxygen atoms in total. The molecule has 0 radical (unpaired) electrons. The number of ether oxygens (including phenoxy) is 1. The fraction of sp³-hybridized carbons (Fsp3) is 0.625. The summed E-state index contributed by atoms with van der Waals surface area (Å²) in [4.78, 5) is 10.4. The first kappa shape index (κ1) is 11.5. The average molecular weight is 261 g/mol. The quantitative estimate of drug-likeness (QED) is 0.705. The third-order valence-corrected chi connectivity index (χ3v) is 3.51. The lowest BCUT2D eigenvalue weighted by atomic mass is 10.1. The highest BCUT2D eigenvalue weighted by atomic mass is 32.1. The van der Waals surface area contributed by atoms with Gasteiger partial charge in [0.1, 0.15) is 11.1 Å². The number of rotatable bonds is 2. The minimum absolute atomic E-state index is 0.0650. The van der Waals surface area contributed by atoms with Crippen molar-refractivity contribution in [2.75, 3.05) is 6.61 Å². The van der Waals surface area contributed by atoms with E-state index in [9.17, 15) is 4.79 Å². The lowest BCUT2D eigenvalue weighted by molar-refractivity contribution is -0.00348. The Hall–Kier alpha value is -0.990. The number of carboxylic acid groups (broad SMARTS) is 1. The minimum atomic E-state index is -1.01. The molecule has 1 saturated heterocycles. The van der Waals surface area contributed by atoms with Crippen molar-refractivity contribution in [1.29, 1.82) is 0 Å². The van der Waals surface area contributed by atoms with E-state index in [0.29, 0.717) is 10.6 Å². The van der Waals surface area contributed by atoms with Crippen molar-refractivity contribution in [3.63, 3.8) is 0 Å². The van der Waals surface area contributed by atoms with Crippen LogP contribution in [0.2, 0.25) is 0 Å². The van der Waals surface area contributed by atoms with Crippen molar-refractivity contribution >= 4 is 29.6 Å². The summed E-state index contributed by atoms with van der Waals surface area (Å²) in [5.74, 6) is 0. The van der Waals surface area contributed by atoms with Gasteiger partial charge in [-0.1, -0.05) is 11.3 Å². The zero-order chi connectivity index (χ0) is 11.5. The SMILES string of the molecule is O=C(O)N[C@@H]1CC[C@@H](c2n[nH]c(=S)s2)OC1. The molecule has 88 valence electrons. The van der Waals surface area contributed by atoms with E-state index in [2.05, 4.69) is 15.5 Å². The normalized spacial score (nSPS) is 25.2. The van der Waals surface area contributed by atoms with Crippen molar-refractivity contribution in [2.45, 2.75) is 25.0 Å². The Balaban J connectivity index is 1.90. The van der Waals surface area contributed by atoms with Gasteiger partial charge >= 0.3 is 6.09 Å². The second kappa shape index (κ2) is 4.89. The van der Waals surface area contributed by atoms with Gasteiger partial charge in [0.15, 0.2) is 3.95 Å².